The Morgan fingerprint density at radius 2 is 2.18 bits per heavy atom. The maximum absolute atomic E-state index is 9.62. The smallest absolute Gasteiger partial charge is 0.0741 e. The number of nitrogens with one attached hydrogen (secondary N) is 1. The Labute approximate surface area is 69.0 Å². The van der Waals surface area contributed by atoms with Gasteiger partial charge in [-0.25, -0.2) is 0 Å². The van der Waals surface area contributed by atoms with E-state index in [1.165, 1.54) is 6.42 Å². The Hall–Kier alpha value is -0.0800. The lowest BCUT2D eigenvalue weighted by Gasteiger charge is -2.21. The third-order valence-electron chi connectivity index (χ3n) is 2.62. The Morgan fingerprint density at radius 3 is 2.55 bits per heavy atom. The summed E-state index contributed by atoms with van der Waals surface area (Å²) in [6.07, 6.45) is 2.10. The highest BCUT2D eigenvalue weighted by Crippen LogP contribution is 2.29. The molecule has 0 radical (unpaired) electrons. The first-order chi connectivity index (χ1) is 5.05. The van der Waals surface area contributed by atoms with Crippen molar-refractivity contribution in [3.63, 3.8) is 0 Å². The molecule has 1 aliphatic carbocycles. The number of hydrogen-bond donors (Lipinski definition) is 2. The van der Waals surface area contributed by atoms with Crippen LogP contribution in [0.4, 0.5) is 0 Å². The Balaban J connectivity index is 2.11. The van der Waals surface area contributed by atoms with Crippen molar-refractivity contribution >= 4 is 0 Å². The average Bonchev–Trinajstić information content (AvgIpc) is 2.63. The summed E-state index contributed by atoms with van der Waals surface area (Å²) >= 11 is 0. The molecule has 1 rings (SSSR count). The van der Waals surface area contributed by atoms with Gasteiger partial charge in [0, 0.05) is 12.6 Å². The van der Waals surface area contributed by atoms with Crippen molar-refractivity contribution in [1.29, 1.82) is 0 Å². The summed E-state index contributed by atoms with van der Waals surface area (Å²) < 4.78 is 0. The summed E-state index contributed by atoms with van der Waals surface area (Å²) in [6, 6.07) is 0.674. The molecule has 0 saturated heterocycles. The molecule has 0 aromatic carbocycles. The van der Waals surface area contributed by atoms with Crippen LogP contribution in [0.5, 0.6) is 0 Å². The van der Waals surface area contributed by atoms with Gasteiger partial charge < -0.3 is 10.4 Å². The molecule has 1 aliphatic rings. The number of hydrogen-bond acceptors (Lipinski definition) is 2. The summed E-state index contributed by atoms with van der Waals surface area (Å²) in [5.41, 5.74) is -0.512. The fourth-order valence-corrected chi connectivity index (χ4v) is 1.08. The molecular formula is C9H19NO. The molecule has 0 aromatic heterocycles. The van der Waals surface area contributed by atoms with E-state index in [4.69, 9.17) is 0 Å². The molecular weight excluding hydrogens is 138 g/mol. The standard InChI is InChI=1S/C9H19NO/c1-4-9(3,11)6-10-8-5-7(8)2/h7-8,10-11H,4-6H2,1-3H3. The van der Waals surface area contributed by atoms with E-state index in [1.807, 2.05) is 13.8 Å². The fourth-order valence-electron chi connectivity index (χ4n) is 1.08. The van der Waals surface area contributed by atoms with Crippen LogP contribution in [0.3, 0.4) is 0 Å². The lowest BCUT2D eigenvalue weighted by molar-refractivity contribution is 0.0552. The van der Waals surface area contributed by atoms with Crippen LogP contribution < -0.4 is 5.32 Å². The molecule has 3 unspecified atom stereocenters. The van der Waals surface area contributed by atoms with E-state index in [1.54, 1.807) is 0 Å². The molecule has 0 amide bonds. The molecule has 2 heteroatoms. The third-order valence-corrected chi connectivity index (χ3v) is 2.62. The first-order valence-corrected chi connectivity index (χ1v) is 4.51. The van der Waals surface area contributed by atoms with Gasteiger partial charge >= 0.3 is 0 Å². The minimum Gasteiger partial charge on any atom is -0.389 e. The van der Waals surface area contributed by atoms with Gasteiger partial charge in [-0.1, -0.05) is 13.8 Å². The van der Waals surface area contributed by atoms with Gasteiger partial charge in [0.2, 0.25) is 0 Å². The molecule has 11 heavy (non-hydrogen) atoms. The van der Waals surface area contributed by atoms with Crippen molar-refractivity contribution in [1.82, 2.24) is 5.32 Å². The zero-order valence-electron chi connectivity index (χ0n) is 7.72. The highest BCUT2D eigenvalue weighted by Gasteiger charge is 2.33. The first kappa shape index (κ1) is 9.01. The predicted molar refractivity (Wildman–Crippen MR) is 46.5 cm³/mol. The van der Waals surface area contributed by atoms with E-state index in [2.05, 4.69) is 12.2 Å². The lowest BCUT2D eigenvalue weighted by atomic mass is 10.0. The van der Waals surface area contributed by atoms with Crippen LogP contribution in [0.15, 0.2) is 0 Å². The second-order valence-corrected chi connectivity index (χ2v) is 4.05. The molecule has 2 N–H and O–H groups in total. The summed E-state index contributed by atoms with van der Waals surface area (Å²) in [5, 5.41) is 13.0. The molecule has 1 fully saturated rings. The molecule has 0 spiro atoms. The SMILES string of the molecule is CCC(C)(O)CNC1CC1C. The quantitative estimate of drug-likeness (QED) is 0.641. The molecule has 66 valence electrons. The van der Waals surface area contributed by atoms with E-state index < -0.39 is 5.60 Å². The molecule has 0 bridgehead atoms. The molecule has 3 atom stereocenters. The van der Waals surface area contributed by atoms with Gasteiger partial charge in [0.15, 0.2) is 0 Å². The van der Waals surface area contributed by atoms with Crippen LogP contribution in [0.2, 0.25) is 0 Å². The van der Waals surface area contributed by atoms with Crippen LogP contribution in [0.1, 0.15) is 33.6 Å². The van der Waals surface area contributed by atoms with Crippen molar-refractivity contribution in [2.75, 3.05) is 6.54 Å². The average molecular weight is 157 g/mol. The highest BCUT2D eigenvalue weighted by molar-refractivity contribution is 4.91. The summed E-state index contributed by atoms with van der Waals surface area (Å²) in [5.74, 6) is 0.822. The molecule has 0 heterocycles. The van der Waals surface area contributed by atoms with Gasteiger partial charge in [-0.05, 0) is 25.7 Å². The molecule has 2 nitrogen and oxygen atoms in total. The van der Waals surface area contributed by atoms with Crippen molar-refractivity contribution in [2.24, 2.45) is 5.92 Å². The van der Waals surface area contributed by atoms with E-state index in [0.717, 1.165) is 18.9 Å². The van der Waals surface area contributed by atoms with Gasteiger partial charge in [0.25, 0.3) is 0 Å². The molecule has 0 aromatic rings. The Bertz CT molecular complexity index is 134. The lowest BCUT2D eigenvalue weighted by Crippen LogP contribution is -2.38. The van der Waals surface area contributed by atoms with Crippen LogP contribution in [0.25, 0.3) is 0 Å². The highest BCUT2D eigenvalue weighted by atomic mass is 16.3. The first-order valence-electron chi connectivity index (χ1n) is 4.51. The van der Waals surface area contributed by atoms with Crippen LogP contribution in [-0.2, 0) is 0 Å². The Morgan fingerprint density at radius 1 is 1.64 bits per heavy atom. The molecule has 1 saturated carbocycles. The minimum atomic E-state index is -0.512. The van der Waals surface area contributed by atoms with Crippen molar-refractivity contribution in [2.45, 2.75) is 45.3 Å². The topological polar surface area (TPSA) is 32.3 Å². The number of rotatable bonds is 4. The molecule has 0 aliphatic heterocycles. The Kier molecular flexibility index (Phi) is 2.55. The second kappa shape index (κ2) is 3.11. The zero-order chi connectivity index (χ0) is 8.48. The fraction of sp³-hybridized carbons (Fsp3) is 1.00. The summed E-state index contributed by atoms with van der Waals surface area (Å²) in [7, 11) is 0. The van der Waals surface area contributed by atoms with Gasteiger partial charge in [-0.2, -0.15) is 0 Å². The van der Waals surface area contributed by atoms with Gasteiger partial charge in [-0.3, -0.25) is 0 Å². The predicted octanol–water partition coefficient (Wildman–Crippen LogP) is 1.15. The monoisotopic (exact) mass is 157 g/mol. The maximum Gasteiger partial charge on any atom is 0.0741 e. The van der Waals surface area contributed by atoms with Gasteiger partial charge in [0.1, 0.15) is 0 Å². The number of aliphatic hydroxyl groups is 1. The van der Waals surface area contributed by atoms with Crippen molar-refractivity contribution in [3.8, 4) is 0 Å². The summed E-state index contributed by atoms with van der Waals surface area (Å²) in [6.45, 7) is 6.86. The largest absolute Gasteiger partial charge is 0.389 e. The maximum atomic E-state index is 9.62. The normalized spacial score (nSPS) is 34.9. The van der Waals surface area contributed by atoms with Gasteiger partial charge in [-0.15, -0.1) is 0 Å². The van der Waals surface area contributed by atoms with Gasteiger partial charge in [0.05, 0.1) is 5.60 Å². The second-order valence-electron chi connectivity index (χ2n) is 4.05. The third kappa shape index (κ3) is 2.80. The minimum absolute atomic E-state index is 0.512. The van der Waals surface area contributed by atoms with E-state index in [0.29, 0.717) is 6.04 Å². The summed E-state index contributed by atoms with van der Waals surface area (Å²) in [4.78, 5) is 0. The van der Waals surface area contributed by atoms with E-state index in [9.17, 15) is 5.11 Å². The van der Waals surface area contributed by atoms with E-state index >= 15 is 0 Å². The zero-order valence-corrected chi connectivity index (χ0v) is 7.72. The van der Waals surface area contributed by atoms with Crippen LogP contribution in [-0.4, -0.2) is 23.3 Å². The van der Waals surface area contributed by atoms with E-state index in [-0.39, 0.29) is 0 Å². The van der Waals surface area contributed by atoms with Crippen LogP contribution >= 0.6 is 0 Å². The van der Waals surface area contributed by atoms with Crippen LogP contribution in [0, 0.1) is 5.92 Å². The van der Waals surface area contributed by atoms with Crippen molar-refractivity contribution in [3.05, 3.63) is 0 Å². The van der Waals surface area contributed by atoms with Crippen molar-refractivity contribution < 1.29 is 5.11 Å².